The zero-order valence-electron chi connectivity index (χ0n) is 8.80. The highest BCUT2D eigenvalue weighted by Crippen LogP contribution is 2.57. The van der Waals surface area contributed by atoms with Gasteiger partial charge in [-0.2, -0.15) is 0 Å². The van der Waals surface area contributed by atoms with Crippen molar-refractivity contribution in [3.63, 3.8) is 0 Å². The highest BCUT2D eigenvalue weighted by Gasteiger charge is 2.55. The predicted molar refractivity (Wildman–Crippen MR) is 71.0 cm³/mol. The minimum absolute atomic E-state index is 0. The summed E-state index contributed by atoms with van der Waals surface area (Å²) in [6.07, 6.45) is 2.60. The summed E-state index contributed by atoms with van der Waals surface area (Å²) >= 11 is 12.0. The molecule has 2 fully saturated rings. The number of benzene rings is 1. The van der Waals surface area contributed by atoms with Crippen LogP contribution in [0.3, 0.4) is 0 Å². The van der Waals surface area contributed by atoms with E-state index in [0.717, 1.165) is 19.0 Å². The van der Waals surface area contributed by atoms with Crippen LogP contribution < -0.4 is 5.32 Å². The third kappa shape index (κ3) is 1.84. The molecule has 0 amide bonds. The fraction of sp³-hybridized carbons (Fsp3) is 0.500. The van der Waals surface area contributed by atoms with Gasteiger partial charge in [-0.25, -0.2) is 0 Å². The third-order valence-corrected chi connectivity index (χ3v) is 4.58. The lowest BCUT2D eigenvalue weighted by Gasteiger charge is -2.23. The van der Waals surface area contributed by atoms with Gasteiger partial charge in [0.25, 0.3) is 0 Å². The second-order valence-corrected chi connectivity index (χ2v) is 5.47. The number of rotatable bonds is 1. The number of halogens is 3. The molecular formula is C12H14Cl3N. The molecule has 1 heterocycles. The summed E-state index contributed by atoms with van der Waals surface area (Å²) in [4.78, 5) is 0. The molecule has 88 valence electrons. The van der Waals surface area contributed by atoms with Crippen LogP contribution in [0.1, 0.15) is 18.4 Å². The molecule has 1 saturated heterocycles. The molecule has 2 aliphatic rings. The van der Waals surface area contributed by atoms with Crippen molar-refractivity contribution in [1.82, 2.24) is 5.32 Å². The molecule has 1 aliphatic heterocycles. The fourth-order valence-corrected chi connectivity index (χ4v) is 3.12. The van der Waals surface area contributed by atoms with E-state index in [1.165, 1.54) is 18.4 Å². The van der Waals surface area contributed by atoms with E-state index >= 15 is 0 Å². The van der Waals surface area contributed by atoms with Crippen LogP contribution in [0.4, 0.5) is 0 Å². The molecule has 1 aromatic carbocycles. The molecule has 1 saturated carbocycles. The van der Waals surface area contributed by atoms with Crippen LogP contribution in [-0.4, -0.2) is 13.1 Å². The Hall–Kier alpha value is 0.0500. The van der Waals surface area contributed by atoms with Crippen molar-refractivity contribution in [1.29, 1.82) is 0 Å². The Labute approximate surface area is 112 Å². The van der Waals surface area contributed by atoms with Gasteiger partial charge in [-0.15, -0.1) is 12.4 Å². The molecule has 0 radical (unpaired) electrons. The molecule has 0 spiro atoms. The van der Waals surface area contributed by atoms with Crippen LogP contribution in [0.15, 0.2) is 18.2 Å². The zero-order chi connectivity index (χ0) is 10.5. The smallest absolute Gasteiger partial charge is 0.0595 e. The number of nitrogens with one attached hydrogen (secondary N) is 1. The SMILES string of the molecule is Cl.Clc1ccc([C@]23CNCC[C@@H]2C3)cc1Cl. The van der Waals surface area contributed by atoms with Gasteiger partial charge in [0.2, 0.25) is 0 Å². The standard InChI is InChI=1S/C12H13Cl2N.ClH/c13-10-2-1-8(5-11(10)14)12-6-9(12)3-4-15-7-12;/h1-2,5,9,15H,3-4,6-7H2;1H/t9-,12+;/m1./s1. The van der Waals surface area contributed by atoms with Crippen LogP contribution >= 0.6 is 35.6 Å². The molecular weight excluding hydrogens is 264 g/mol. The maximum absolute atomic E-state index is 6.06. The van der Waals surface area contributed by atoms with Crippen molar-refractivity contribution >= 4 is 35.6 Å². The van der Waals surface area contributed by atoms with Gasteiger partial charge in [0.1, 0.15) is 0 Å². The number of fused-ring (bicyclic) bond motifs is 1. The first-order valence-corrected chi connectivity index (χ1v) is 6.14. The number of hydrogen-bond donors (Lipinski definition) is 1. The predicted octanol–water partition coefficient (Wildman–Crippen LogP) is 3.67. The van der Waals surface area contributed by atoms with Crippen molar-refractivity contribution in [3.8, 4) is 0 Å². The Balaban J connectivity index is 0.000000963. The van der Waals surface area contributed by atoms with Crippen LogP contribution in [0.2, 0.25) is 10.0 Å². The largest absolute Gasteiger partial charge is 0.316 e. The first kappa shape index (κ1) is 12.5. The van der Waals surface area contributed by atoms with Crippen molar-refractivity contribution in [2.75, 3.05) is 13.1 Å². The van der Waals surface area contributed by atoms with Gasteiger partial charge in [0.05, 0.1) is 10.0 Å². The maximum Gasteiger partial charge on any atom is 0.0595 e. The van der Waals surface area contributed by atoms with Crippen molar-refractivity contribution < 1.29 is 0 Å². The molecule has 1 N–H and O–H groups in total. The molecule has 1 nitrogen and oxygen atoms in total. The summed E-state index contributed by atoms with van der Waals surface area (Å²) in [6, 6.07) is 6.08. The van der Waals surface area contributed by atoms with Gasteiger partial charge < -0.3 is 5.32 Å². The monoisotopic (exact) mass is 277 g/mol. The maximum atomic E-state index is 6.06. The Bertz CT molecular complexity index is 407. The van der Waals surface area contributed by atoms with E-state index in [0.29, 0.717) is 15.5 Å². The average Bonchev–Trinajstić information content (AvgIpc) is 2.97. The highest BCUT2D eigenvalue weighted by molar-refractivity contribution is 6.42. The third-order valence-electron chi connectivity index (χ3n) is 3.84. The lowest BCUT2D eigenvalue weighted by atomic mass is 9.90. The lowest BCUT2D eigenvalue weighted by Crippen LogP contribution is -2.34. The van der Waals surface area contributed by atoms with E-state index in [1.54, 1.807) is 0 Å². The molecule has 2 atom stereocenters. The molecule has 0 unspecified atom stereocenters. The Morgan fingerprint density at radius 2 is 2.06 bits per heavy atom. The van der Waals surface area contributed by atoms with Crippen molar-refractivity contribution in [2.45, 2.75) is 18.3 Å². The Kier molecular flexibility index (Phi) is 3.42. The van der Waals surface area contributed by atoms with Gasteiger partial charge >= 0.3 is 0 Å². The van der Waals surface area contributed by atoms with Gasteiger partial charge in [-0.3, -0.25) is 0 Å². The summed E-state index contributed by atoms with van der Waals surface area (Å²) in [5.74, 6) is 0.857. The topological polar surface area (TPSA) is 12.0 Å². The normalized spacial score (nSPS) is 31.5. The van der Waals surface area contributed by atoms with E-state index in [-0.39, 0.29) is 12.4 Å². The molecule has 4 heteroatoms. The highest BCUT2D eigenvalue weighted by atomic mass is 35.5. The van der Waals surface area contributed by atoms with Crippen LogP contribution in [0.25, 0.3) is 0 Å². The number of piperidine rings is 1. The van der Waals surface area contributed by atoms with E-state index in [2.05, 4.69) is 11.4 Å². The molecule has 16 heavy (non-hydrogen) atoms. The second-order valence-electron chi connectivity index (χ2n) is 4.65. The van der Waals surface area contributed by atoms with Crippen LogP contribution in [0.5, 0.6) is 0 Å². The fourth-order valence-electron chi connectivity index (χ4n) is 2.82. The van der Waals surface area contributed by atoms with Crippen LogP contribution in [-0.2, 0) is 5.41 Å². The minimum Gasteiger partial charge on any atom is -0.316 e. The molecule has 3 rings (SSSR count). The van der Waals surface area contributed by atoms with Crippen molar-refractivity contribution in [2.24, 2.45) is 5.92 Å². The van der Waals surface area contributed by atoms with Gasteiger partial charge in [0, 0.05) is 12.0 Å². The summed E-state index contributed by atoms with van der Waals surface area (Å²) in [5.41, 5.74) is 1.72. The zero-order valence-corrected chi connectivity index (χ0v) is 11.1. The van der Waals surface area contributed by atoms with Crippen molar-refractivity contribution in [3.05, 3.63) is 33.8 Å². The lowest BCUT2D eigenvalue weighted by molar-refractivity contribution is 0.447. The van der Waals surface area contributed by atoms with Gasteiger partial charge in [-0.05, 0) is 43.0 Å². The van der Waals surface area contributed by atoms with Crippen LogP contribution in [0, 0.1) is 5.92 Å². The van der Waals surface area contributed by atoms with E-state index < -0.39 is 0 Å². The Morgan fingerprint density at radius 1 is 1.25 bits per heavy atom. The quantitative estimate of drug-likeness (QED) is 0.826. The summed E-state index contributed by atoms with van der Waals surface area (Å²) < 4.78 is 0. The molecule has 1 aromatic rings. The first-order chi connectivity index (χ1) is 7.22. The summed E-state index contributed by atoms with van der Waals surface area (Å²) in [6.45, 7) is 2.25. The van der Waals surface area contributed by atoms with Gasteiger partial charge in [-0.1, -0.05) is 29.3 Å². The second kappa shape index (κ2) is 4.38. The van der Waals surface area contributed by atoms with E-state index in [9.17, 15) is 0 Å². The molecule has 0 aromatic heterocycles. The van der Waals surface area contributed by atoms with Gasteiger partial charge in [0.15, 0.2) is 0 Å². The molecule has 0 bridgehead atoms. The summed E-state index contributed by atoms with van der Waals surface area (Å²) in [7, 11) is 0. The summed E-state index contributed by atoms with van der Waals surface area (Å²) in [5, 5.41) is 4.80. The Morgan fingerprint density at radius 3 is 2.75 bits per heavy atom. The van der Waals surface area contributed by atoms with E-state index in [1.807, 2.05) is 12.1 Å². The number of hydrogen-bond acceptors (Lipinski definition) is 1. The molecule has 1 aliphatic carbocycles. The average molecular weight is 279 g/mol. The first-order valence-electron chi connectivity index (χ1n) is 5.39. The van der Waals surface area contributed by atoms with E-state index in [4.69, 9.17) is 23.2 Å². The minimum atomic E-state index is 0.